The molecule has 7 nitrogen and oxygen atoms in total. The quantitative estimate of drug-likeness (QED) is 0.320. The van der Waals surface area contributed by atoms with E-state index in [1.807, 2.05) is 0 Å². The molecule has 0 aromatic heterocycles. The van der Waals surface area contributed by atoms with Gasteiger partial charge in [-0.15, -0.1) is 4.72 Å². The number of carbonyl (C=O) groups excluding carboxylic acids is 1. The number of non-ortho nitro benzene ring substituents is 1. The number of halogens is 3. The molecule has 11 heteroatoms. The molecule has 0 aliphatic heterocycles. The number of nitrogens with zero attached hydrogens (tertiary/aromatic N) is 1. The molecule has 1 rings (SSSR count). The highest BCUT2D eigenvalue weighted by atomic mass is 32.2. The molecule has 152 valence electrons. The summed E-state index contributed by atoms with van der Waals surface area (Å²) in [6.07, 6.45) is 0. The van der Waals surface area contributed by atoms with E-state index >= 15 is 0 Å². The third-order valence-corrected chi connectivity index (χ3v) is 5.42. The number of rotatable bonds is 7. The first-order valence-corrected chi connectivity index (χ1v) is 9.02. The van der Waals surface area contributed by atoms with Crippen LogP contribution in [0.25, 0.3) is 0 Å². The lowest BCUT2D eigenvalue weighted by Crippen LogP contribution is -2.62. The molecule has 27 heavy (non-hydrogen) atoms. The van der Waals surface area contributed by atoms with Gasteiger partial charge in [-0.25, -0.2) is 9.18 Å². The summed E-state index contributed by atoms with van der Waals surface area (Å²) in [7, 11) is 0. The van der Waals surface area contributed by atoms with E-state index in [9.17, 15) is 32.6 Å². The van der Waals surface area contributed by atoms with Crippen molar-refractivity contribution in [1.82, 2.24) is 4.72 Å². The molecular formula is C16H21F3N2O5S. The summed E-state index contributed by atoms with van der Waals surface area (Å²) in [4.78, 5) is 22.0. The summed E-state index contributed by atoms with van der Waals surface area (Å²) in [5.41, 5.74) is -4.43. The lowest BCUT2D eigenvalue weighted by atomic mass is 9.85. The average molecular weight is 410 g/mol. The largest absolute Gasteiger partial charge is 0.598 e. The predicted molar refractivity (Wildman–Crippen MR) is 93.0 cm³/mol. The number of nitrogens with one attached hydrogen (secondary N) is 1. The standard InChI is InChI=1S/C16H21F3N2O5S/c1-6-26-13(22)16(18,19)15(5,20-27(25)14(2,3)4)11-9-10(21(23)24)7-8-12(11)17/h7-9,20H,6H2,1-5H3/t15-,27?/m1/s1. The normalized spacial score (nSPS) is 15.7. The number of benzene rings is 1. The molecule has 0 spiro atoms. The van der Waals surface area contributed by atoms with Gasteiger partial charge in [0.1, 0.15) is 10.6 Å². The fourth-order valence-electron chi connectivity index (χ4n) is 2.06. The van der Waals surface area contributed by atoms with Gasteiger partial charge in [-0.2, -0.15) is 8.78 Å². The van der Waals surface area contributed by atoms with Crippen molar-refractivity contribution < 1.29 is 32.2 Å². The van der Waals surface area contributed by atoms with Gasteiger partial charge in [-0.05, 0) is 40.7 Å². The van der Waals surface area contributed by atoms with Crippen molar-refractivity contribution in [2.45, 2.75) is 50.8 Å². The maximum absolute atomic E-state index is 15.0. The van der Waals surface area contributed by atoms with Gasteiger partial charge in [-0.3, -0.25) is 10.1 Å². The van der Waals surface area contributed by atoms with Crippen LogP contribution in [-0.2, 0) is 26.4 Å². The Morgan fingerprint density at radius 1 is 1.30 bits per heavy atom. The molecule has 1 N–H and O–H groups in total. The van der Waals surface area contributed by atoms with Crippen LogP contribution in [0.5, 0.6) is 0 Å². The zero-order valence-corrected chi connectivity index (χ0v) is 16.3. The minimum absolute atomic E-state index is 0.371. The van der Waals surface area contributed by atoms with Crippen molar-refractivity contribution in [2.75, 3.05) is 6.61 Å². The molecule has 0 heterocycles. The first-order chi connectivity index (χ1) is 12.2. The fraction of sp³-hybridized carbons (Fsp3) is 0.562. The van der Waals surface area contributed by atoms with E-state index < -0.39 is 55.5 Å². The van der Waals surface area contributed by atoms with Gasteiger partial charge in [0, 0.05) is 29.1 Å². The van der Waals surface area contributed by atoms with Crippen molar-refractivity contribution in [3.05, 3.63) is 39.7 Å². The minimum Gasteiger partial charge on any atom is -0.598 e. The van der Waals surface area contributed by atoms with Crippen LogP contribution in [0.3, 0.4) is 0 Å². The van der Waals surface area contributed by atoms with Crippen LogP contribution >= 0.6 is 0 Å². The molecule has 0 saturated carbocycles. The van der Waals surface area contributed by atoms with Gasteiger partial charge in [0.25, 0.3) is 5.69 Å². The smallest absolute Gasteiger partial charge is 0.379 e. The second kappa shape index (κ2) is 8.03. The minimum atomic E-state index is -4.39. The molecule has 0 fully saturated rings. The molecule has 1 aromatic rings. The SMILES string of the molecule is CCOC(=O)C(F)(F)[C@](C)(N[S+]([O-])C(C)(C)C)c1cc([N+](=O)[O-])ccc1F. The average Bonchev–Trinajstić information content (AvgIpc) is 2.53. The predicted octanol–water partition coefficient (Wildman–Crippen LogP) is 3.20. The van der Waals surface area contributed by atoms with Gasteiger partial charge >= 0.3 is 11.9 Å². The molecule has 0 amide bonds. The van der Waals surface area contributed by atoms with E-state index in [0.29, 0.717) is 12.1 Å². The Bertz CT molecular complexity index is 726. The lowest BCUT2D eigenvalue weighted by Gasteiger charge is -2.38. The highest BCUT2D eigenvalue weighted by Crippen LogP contribution is 2.42. The van der Waals surface area contributed by atoms with Gasteiger partial charge in [0.15, 0.2) is 5.54 Å². The Balaban J connectivity index is 3.67. The number of ether oxygens (including phenoxy) is 1. The molecule has 1 unspecified atom stereocenters. The zero-order valence-electron chi connectivity index (χ0n) is 15.5. The van der Waals surface area contributed by atoms with Gasteiger partial charge in [-0.1, -0.05) is 0 Å². The molecule has 0 aliphatic carbocycles. The number of esters is 1. The zero-order chi connectivity index (χ0) is 21.2. The van der Waals surface area contributed by atoms with Crippen molar-refractivity contribution in [1.29, 1.82) is 0 Å². The molecule has 0 bridgehead atoms. The molecular weight excluding hydrogens is 389 g/mol. The second-order valence-electron chi connectivity index (χ2n) is 6.82. The van der Waals surface area contributed by atoms with Crippen LogP contribution in [-0.4, -0.2) is 32.7 Å². The number of hydrogen-bond donors (Lipinski definition) is 1. The van der Waals surface area contributed by atoms with Gasteiger partial charge in [0.05, 0.1) is 11.5 Å². The van der Waals surface area contributed by atoms with Crippen LogP contribution in [0.15, 0.2) is 18.2 Å². The third-order valence-electron chi connectivity index (χ3n) is 3.71. The number of alkyl halides is 2. The Labute approximate surface area is 157 Å². The summed E-state index contributed by atoms with van der Waals surface area (Å²) < 4.78 is 62.3. The van der Waals surface area contributed by atoms with E-state index in [4.69, 9.17) is 0 Å². The number of carbonyl (C=O) groups is 1. The number of nitro benzene ring substituents is 1. The first kappa shape index (κ1) is 23.2. The van der Waals surface area contributed by atoms with E-state index in [1.54, 1.807) is 0 Å². The van der Waals surface area contributed by atoms with E-state index in [-0.39, 0.29) is 6.61 Å². The van der Waals surface area contributed by atoms with Crippen molar-refractivity contribution in [3.63, 3.8) is 0 Å². The second-order valence-corrected chi connectivity index (χ2v) is 8.79. The van der Waals surface area contributed by atoms with Crippen LogP contribution in [0.2, 0.25) is 0 Å². The molecule has 0 radical (unpaired) electrons. The molecule has 1 aromatic carbocycles. The van der Waals surface area contributed by atoms with Crippen LogP contribution in [0.4, 0.5) is 18.9 Å². The molecule has 0 aliphatic rings. The Morgan fingerprint density at radius 3 is 2.30 bits per heavy atom. The topological polar surface area (TPSA) is 105 Å². The van der Waals surface area contributed by atoms with Gasteiger partial charge < -0.3 is 9.29 Å². The summed E-state index contributed by atoms with van der Waals surface area (Å²) in [6.45, 7) is 6.11. The fourth-order valence-corrected chi connectivity index (χ4v) is 2.98. The highest BCUT2D eigenvalue weighted by Gasteiger charge is 2.62. The molecule has 2 atom stereocenters. The highest BCUT2D eigenvalue weighted by molar-refractivity contribution is 7.90. The maximum Gasteiger partial charge on any atom is 0.379 e. The first-order valence-electron chi connectivity index (χ1n) is 7.87. The van der Waals surface area contributed by atoms with Crippen LogP contribution in [0, 0.1) is 15.9 Å². The third kappa shape index (κ3) is 4.71. The van der Waals surface area contributed by atoms with Crippen LogP contribution in [0.1, 0.15) is 40.2 Å². The number of hydrogen-bond acceptors (Lipinski definition) is 6. The summed E-state index contributed by atoms with van der Waals surface area (Å²) in [6, 6.07) is 2.01. The Morgan fingerprint density at radius 2 is 1.85 bits per heavy atom. The Kier molecular flexibility index (Phi) is 6.90. The lowest BCUT2D eigenvalue weighted by molar-refractivity contribution is -0.385. The summed E-state index contributed by atoms with van der Waals surface area (Å²) >= 11 is -2.17. The Hall–Kier alpha value is -1.85. The van der Waals surface area contributed by atoms with Crippen molar-refractivity contribution in [3.8, 4) is 0 Å². The van der Waals surface area contributed by atoms with Crippen LogP contribution < -0.4 is 4.72 Å². The van der Waals surface area contributed by atoms with Gasteiger partial charge in [0.2, 0.25) is 0 Å². The van der Waals surface area contributed by atoms with Crippen molar-refractivity contribution in [2.24, 2.45) is 0 Å². The van der Waals surface area contributed by atoms with E-state index in [2.05, 4.69) is 9.46 Å². The summed E-state index contributed by atoms with van der Waals surface area (Å²) in [5, 5.41) is 11.0. The monoisotopic (exact) mass is 410 g/mol. The van der Waals surface area contributed by atoms with E-state index in [1.165, 1.54) is 27.7 Å². The van der Waals surface area contributed by atoms with E-state index in [0.717, 1.165) is 13.0 Å². The van der Waals surface area contributed by atoms with Crippen molar-refractivity contribution >= 4 is 23.0 Å². The summed E-state index contributed by atoms with van der Waals surface area (Å²) in [5.74, 6) is -7.60. The maximum atomic E-state index is 15.0. The molecule has 0 saturated heterocycles. The number of nitro groups is 1.